The van der Waals surface area contributed by atoms with Crippen molar-refractivity contribution in [3.8, 4) is 0 Å². The maximum Gasteiger partial charge on any atom is 0.251 e. The van der Waals surface area contributed by atoms with E-state index in [0.29, 0.717) is 11.6 Å². The van der Waals surface area contributed by atoms with E-state index in [1.165, 1.54) is 11.3 Å². The molecule has 1 amide bonds. The van der Waals surface area contributed by atoms with Crippen LogP contribution in [0.1, 0.15) is 34.3 Å². The summed E-state index contributed by atoms with van der Waals surface area (Å²) in [4.78, 5) is 18.6. The standard InChI is InChI=1S/C24H33N5O.HI/c1-18-9-11-22(12-10-18)29-15-5-8-21(17-29)28-24(26-3)27-14-13-19-6-4-7-20(16-19)23(30)25-2;/h4,6-7,9-12,16,21H,5,8,13-15,17H2,1-3H3,(H,25,30)(H2,26,27,28);1H. The first-order valence-corrected chi connectivity index (χ1v) is 10.7. The number of carbonyl (C=O) groups excluding carboxylic acids is 1. The molecule has 7 heteroatoms. The molecule has 3 rings (SSSR count). The number of piperidine rings is 1. The summed E-state index contributed by atoms with van der Waals surface area (Å²) in [6.45, 7) is 4.94. The molecule has 168 valence electrons. The van der Waals surface area contributed by atoms with Gasteiger partial charge in [-0.05, 0) is 56.0 Å². The summed E-state index contributed by atoms with van der Waals surface area (Å²) in [6, 6.07) is 16.9. The number of carbonyl (C=O) groups is 1. The summed E-state index contributed by atoms with van der Waals surface area (Å²) in [5.41, 5.74) is 4.39. The Hall–Kier alpha value is -2.29. The van der Waals surface area contributed by atoms with E-state index >= 15 is 0 Å². The first kappa shape index (κ1) is 25.0. The van der Waals surface area contributed by atoms with Gasteiger partial charge in [-0.15, -0.1) is 24.0 Å². The predicted molar refractivity (Wildman–Crippen MR) is 140 cm³/mol. The monoisotopic (exact) mass is 535 g/mol. The molecule has 2 aromatic carbocycles. The van der Waals surface area contributed by atoms with Crippen LogP contribution >= 0.6 is 24.0 Å². The summed E-state index contributed by atoms with van der Waals surface area (Å²) in [5.74, 6) is 0.769. The van der Waals surface area contributed by atoms with Crippen molar-refractivity contribution in [2.75, 3.05) is 38.6 Å². The van der Waals surface area contributed by atoms with Crippen LogP contribution in [0.25, 0.3) is 0 Å². The van der Waals surface area contributed by atoms with Crippen molar-refractivity contribution in [3.05, 3.63) is 65.2 Å². The third-order valence-electron chi connectivity index (χ3n) is 5.51. The van der Waals surface area contributed by atoms with Gasteiger partial charge in [-0.1, -0.05) is 29.8 Å². The molecule has 0 saturated carbocycles. The van der Waals surface area contributed by atoms with Gasteiger partial charge < -0.3 is 20.9 Å². The van der Waals surface area contributed by atoms with Crippen LogP contribution in [0.5, 0.6) is 0 Å². The Morgan fingerprint density at radius 2 is 1.97 bits per heavy atom. The molecule has 31 heavy (non-hydrogen) atoms. The molecule has 1 fully saturated rings. The molecule has 1 heterocycles. The number of nitrogens with zero attached hydrogens (tertiary/aromatic N) is 2. The Labute approximate surface area is 202 Å². The molecular weight excluding hydrogens is 501 g/mol. The van der Waals surface area contributed by atoms with Crippen molar-refractivity contribution < 1.29 is 4.79 Å². The van der Waals surface area contributed by atoms with Gasteiger partial charge in [0.25, 0.3) is 5.91 Å². The van der Waals surface area contributed by atoms with Gasteiger partial charge in [-0.3, -0.25) is 9.79 Å². The molecule has 0 radical (unpaired) electrons. The number of guanidine groups is 1. The van der Waals surface area contributed by atoms with E-state index in [1.807, 2.05) is 31.3 Å². The number of halogens is 1. The van der Waals surface area contributed by atoms with E-state index in [9.17, 15) is 4.79 Å². The third kappa shape index (κ3) is 7.41. The molecule has 1 saturated heterocycles. The quantitative estimate of drug-likeness (QED) is 0.302. The smallest absolute Gasteiger partial charge is 0.251 e. The second-order valence-corrected chi connectivity index (χ2v) is 7.79. The van der Waals surface area contributed by atoms with Crippen LogP contribution in [0.2, 0.25) is 0 Å². The fraction of sp³-hybridized carbons (Fsp3) is 0.417. The number of aryl methyl sites for hydroxylation is 1. The zero-order chi connectivity index (χ0) is 21.3. The fourth-order valence-corrected chi connectivity index (χ4v) is 3.81. The first-order chi connectivity index (χ1) is 14.6. The molecule has 0 spiro atoms. The molecular formula is C24H34IN5O. The summed E-state index contributed by atoms with van der Waals surface area (Å²) in [7, 11) is 3.46. The minimum Gasteiger partial charge on any atom is -0.369 e. The lowest BCUT2D eigenvalue weighted by Crippen LogP contribution is -2.51. The largest absolute Gasteiger partial charge is 0.369 e. The minimum absolute atomic E-state index is 0. The second kappa shape index (κ2) is 12.5. The van der Waals surface area contributed by atoms with Crippen LogP contribution in [0.15, 0.2) is 53.5 Å². The summed E-state index contributed by atoms with van der Waals surface area (Å²) < 4.78 is 0. The highest BCUT2D eigenvalue weighted by Gasteiger charge is 2.21. The number of nitrogens with one attached hydrogen (secondary N) is 3. The molecule has 0 aromatic heterocycles. The van der Waals surface area contributed by atoms with Crippen molar-refractivity contribution in [3.63, 3.8) is 0 Å². The molecule has 3 N–H and O–H groups in total. The lowest BCUT2D eigenvalue weighted by Gasteiger charge is -2.35. The van der Waals surface area contributed by atoms with E-state index in [1.54, 1.807) is 7.05 Å². The highest BCUT2D eigenvalue weighted by Crippen LogP contribution is 2.20. The maximum absolute atomic E-state index is 11.8. The molecule has 1 aliphatic rings. The van der Waals surface area contributed by atoms with Crippen molar-refractivity contribution >= 4 is 41.5 Å². The van der Waals surface area contributed by atoms with Crippen LogP contribution in [-0.4, -0.2) is 51.6 Å². The average molecular weight is 535 g/mol. The maximum atomic E-state index is 11.8. The van der Waals surface area contributed by atoms with Crippen molar-refractivity contribution in [2.24, 2.45) is 4.99 Å². The van der Waals surface area contributed by atoms with Crippen LogP contribution in [0.3, 0.4) is 0 Å². The van der Waals surface area contributed by atoms with E-state index in [-0.39, 0.29) is 29.9 Å². The zero-order valence-corrected chi connectivity index (χ0v) is 21.0. The molecule has 0 bridgehead atoms. The third-order valence-corrected chi connectivity index (χ3v) is 5.51. The Kier molecular flexibility index (Phi) is 10.1. The zero-order valence-electron chi connectivity index (χ0n) is 18.6. The molecule has 2 aromatic rings. The summed E-state index contributed by atoms with van der Waals surface area (Å²) in [5, 5.41) is 9.65. The van der Waals surface area contributed by atoms with Crippen molar-refractivity contribution in [1.82, 2.24) is 16.0 Å². The number of rotatable bonds is 6. The Morgan fingerprint density at radius 1 is 1.19 bits per heavy atom. The van der Waals surface area contributed by atoms with Crippen molar-refractivity contribution in [2.45, 2.75) is 32.2 Å². The van der Waals surface area contributed by atoms with E-state index < -0.39 is 0 Å². The van der Waals surface area contributed by atoms with Gasteiger partial charge in [0.2, 0.25) is 0 Å². The Morgan fingerprint density at radius 3 is 2.68 bits per heavy atom. The van der Waals surface area contributed by atoms with Gasteiger partial charge in [-0.25, -0.2) is 0 Å². The predicted octanol–water partition coefficient (Wildman–Crippen LogP) is 3.35. The lowest BCUT2D eigenvalue weighted by atomic mass is 10.0. The normalized spacial score (nSPS) is 16.3. The highest BCUT2D eigenvalue weighted by molar-refractivity contribution is 14.0. The van der Waals surface area contributed by atoms with Gasteiger partial charge in [0.05, 0.1) is 0 Å². The Balaban J connectivity index is 0.00000341. The fourth-order valence-electron chi connectivity index (χ4n) is 3.81. The van der Waals surface area contributed by atoms with E-state index in [2.05, 4.69) is 57.0 Å². The second-order valence-electron chi connectivity index (χ2n) is 7.79. The summed E-state index contributed by atoms with van der Waals surface area (Å²) >= 11 is 0. The molecule has 1 aliphatic heterocycles. The van der Waals surface area contributed by atoms with Crippen LogP contribution in [0, 0.1) is 6.92 Å². The lowest BCUT2D eigenvalue weighted by molar-refractivity contribution is 0.0963. The van der Waals surface area contributed by atoms with Gasteiger partial charge in [0.1, 0.15) is 0 Å². The number of benzene rings is 2. The van der Waals surface area contributed by atoms with Gasteiger partial charge in [-0.2, -0.15) is 0 Å². The highest BCUT2D eigenvalue weighted by atomic mass is 127. The van der Waals surface area contributed by atoms with Gasteiger partial charge >= 0.3 is 0 Å². The SMILES string of the molecule is CN=C(NCCc1cccc(C(=O)NC)c1)NC1CCCN(c2ccc(C)cc2)C1.I. The van der Waals surface area contributed by atoms with Gasteiger partial charge in [0.15, 0.2) is 5.96 Å². The number of aliphatic imine (C=N–C) groups is 1. The average Bonchev–Trinajstić information content (AvgIpc) is 2.78. The van der Waals surface area contributed by atoms with Crippen LogP contribution < -0.4 is 20.9 Å². The van der Waals surface area contributed by atoms with Crippen LogP contribution in [-0.2, 0) is 6.42 Å². The van der Waals surface area contributed by atoms with E-state index in [4.69, 9.17) is 0 Å². The number of amides is 1. The van der Waals surface area contributed by atoms with Gasteiger partial charge in [0, 0.05) is 51.0 Å². The number of hydrogen-bond acceptors (Lipinski definition) is 3. The summed E-state index contributed by atoms with van der Waals surface area (Å²) in [6.07, 6.45) is 3.12. The number of anilines is 1. The van der Waals surface area contributed by atoms with Crippen LogP contribution in [0.4, 0.5) is 5.69 Å². The number of hydrogen-bond donors (Lipinski definition) is 3. The molecule has 0 aliphatic carbocycles. The minimum atomic E-state index is -0.0577. The molecule has 1 unspecified atom stereocenters. The van der Waals surface area contributed by atoms with E-state index in [0.717, 1.165) is 50.4 Å². The molecule has 6 nitrogen and oxygen atoms in total. The first-order valence-electron chi connectivity index (χ1n) is 10.7. The molecule has 1 atom stereocenters. The Bertz CT molecular complexity index is 869. The van der Waals surface area contributed by atoms with Crippen molar-refractivity contribution in [1.29, 1.82) is 0 Å². The topological polar surface area (TPSA) is 68.8 Å².